The lowest BCUT2D eigenvalue weighted by Gasteiger charge is -2.36. The standard InChI is InChI=1S/C21H28N4OS/c1-14(2)23-20(26)21(9-17-12-27-13-22-17)10-18-7-8-19(21)25(18)11-16-6-4-5-15(3)24-16/h4-6,12-14,18-19H,7-11H2,1-3H3,(H,23,26)/t18-,19+,21+/m1/s1. The maximum absolute atomic E-state index is 13.4. The van der Waals surface area contributed by atoms with Crippen molar-refractivity contribution in [3.63, 3.8) is 0 Å². The summed E-state index contributed by atoms with van der Waals surface area (Å²) in [5, 5.41) is 5.30. The number of rotatable bonds is 6. The van der Waals surface area contributed by atoms with Crippen LogP contribution in [0.1, 0.15) is 50.2 Å². The van der Waals surface area contributed by atoms with E-state index in [1.165, 1.54) is 6.42 Å². The Kier molecular flexibility index (Phi) is 5.03. The molecule has 0 radical (unpaired) electrons. The van der Waals surface area contributed by atoms with Gasteiger partial charge in [0.05, 0.1) is 22.3 Å². The van der Waals surface area contributed by atoms with Crippen molar-refractivity contribution in [3.8, 4) is 0 Å². The highest BCUT2D eigenvalue weighted by Gasteiger charge is 2.59. The minimum atomic E-state index is -0.384. The molecule has 2 aromatic rings. The summed E-state index contributed by atoms with van der Waals surface area (Å²) in [5.41, 5.74) is 4.67. The molecule has 2 aromatic heterocycles. The average molecular weight is 385 g/mol. The van der Waals surface area contributed by atoms with Crippen LogP contribution in [-0.2, 0) is 17.8 Å². The molecule has 5 nitrogen and oxygen atoms in total. The molecule has 3 atom stereocenters. The summed E-state index contributed by atoms with van der Waals surface area (Å²) in [6.45, 7) is 6.93. The van der Waals surface area contributed by atoms with E-state index < -0.39 is 0 Å². The first-order valence-electron chi connectivity index (χ1n) is 9.84. The number of hydrogen-bond donors (Lipinski definition) is 1. The number of carbonyl (C=O) groups excluding carboxylic acids is 1. The van der Waals surface area contributed by atoms with Crippen molar-refractivity contribution >= 4 is 17.2 Å². The van der Waals surface area contributed by atoms with Crippen LogP contribution >= 0.6 is 11.3 Å². The van der Waals surface area contributed by atoms with E-state index in [0.717, 1.165) is 42.9 Å². The van der Waals surface area contributed by atoms with E-state index in [9.17, 15) is 4.79 Å². The first-order valence-corrected chi connectivity index (χ1v) is 10.8. The summed E-state index contributed by atoms with van der Waals surface area (Å²) in [4.78, 5) is 25.1. The van der Waals surface area contributed by atoms with Gasteiger partial charge in [-0.3, -0.25) is 14.7 Å². The van der Waals surface area contributed by atoms with Crippen molar-refractivity contribution in [1.29, 1.82) is 0 Å². The van der Waals surface area contributed by atoms with Crippen LogP contribution in [0.4, 0.5) is 0 Å². The SMILES string of the molecule is Cc1cccc(CN2[C@@H]3CC[C@H]2[C@@](Cc2cscn2)(C(=O)NC(C)C)C3)n1. The summed E-state index contributed by atoms with van der Waals surface area (Å²) in [5.74, 6) is 0.194. The summed E-state index contributed by atoms with van der Waals surface area (Å²) < 4.78 is 0. The topological polar surface area (TPSA) is 58.1 Å². The molecule has 4 rings (SSSR count). The fourth-order valence-electron chi connectivity index (χ4n) is 4.99. The molecule has 0 spiro atoms. The maximum Gasteiger partial charge on any atom is 0.228 e. The average Bonchev–Trinajstić information content (AvgIpc) is 3.31. The number of aromatic nitrogens is 2. The van der Waals surface area contributed by atoms with Crippen LogP contribution in [0, 0.1) is 12.3 Å². The Bertz CT molecular complexity index is 806. The molecule has 2 aliphatic rings. The number of amides is 1. The fraction of sp³-hybridized carbons (Fsp3) is 0.571. The molecule has 144 valence electrons. The van der Waals surface area contributed by atoms with Gasteiger partial charge in [-0.1, -0.05) is 6.07 Å². The number of thiazole rings is 1. The first kappa shape index (κ1) is 18.6. The molecule has 4 heterocycles. The lowest BCUT2D eigenvalue weighted by molar-refractivity contribution is -0.133. The van der Waals surface area contributed by atoms with E-state index in [1.54, 1.807) is 11.3 Å². The molecule has 0 aromatic carbocycles. The van der Waals surface area contributed by atoms with E-state index in [0.29, 0.717) is 6.04 Å². The van der Waals surface area contributed by atoms with E-state index in [-0.39, 0.29) is 23.4 Å². The zero-order valence-corrected chi connectivity index (χ0v) is 17.1. The minimum Gasteiger partial charge on any atom is -0.353 e. The van der Waals surface area contributed by atoms with Gasteiger partial charge in [0.1, 0.15) is 0 Å². The molecule has 2 aliphatic heterocycles. The van der Waals surface area contributed by atoms with Crippen LogP contribution in [0.5, 0.6) is 0 Å². The number of fused-ring (bicyclic) bond motifs is 2. The second-order valence-corrected chi connectivity index (χ2v) is 9.05. The van der Waals surface area contributed by atoms with Crippen LogP contribution < -0.4 is 5.32 Å². The van der Waals surface area contributed by atoms with Crippen molar-refractivity contribution in [1.82, 2.24) is 20.2 Å². The summed E-state index contributed by atoms with van der Waals surface area (Å²) >= 11 is 1.61. The van der Waals surface area contributed by atoms with E-state index in [4.69, 9.17) is 4.98 Å². The number of nitrogens with zero attached hydrogens (tertiary/aromatic N) is 3. The molecular weight excluding hydrogens is 356 g/mol. The van der Waals surface area contributed by atoms with E-state index in [1.807, 2.05) is 32.3 Å². The van der Waals surface area contributed by atoms with E-state index in [2.05, 4.69) is 32.7 Å². The van der Waals surface area contributed by atoms with Gasteiger partial charge in [-0.2, -0.15) is 0 Å². The molecule has 1 N–H and O–H groups in total. The highest BCUT2D eigenvalue weighted by molar-refractivity contribution is 7.07. The quantitative estimate of drug-likeness (QED) is 0.830. The molecule has 0 unspecified atom stereocenters. The van der Waals surface area contributed by atoms with Crippen molar-refractivity contribution in [2.24, 2.45) is 5.41 Å². The Labute approximate surface area is 165 Å². The number of carbonyl (C=O) groups is 1. The zero-order chi connectivity index (χ0) is 19.0. The van der Waals surface area contributed by atoms with E-state index >= 15 is 0 Å². The molecule has 6 heteroatoms. The number of aryl methyl sites for hydroxylation is 1. The summed E-state index contributed by atoms with van der Waals surface area (Å²) in [6, 6.07) is 7.06. The van der Waals surface area contributed by atoms with Crippen molar-refractivity contribution < 1.29 is 4.79 Å². The Balaban J connectivity index is 1.63. The molecule has 2 fully saturated rings. The second kappa shape index (κ2) is 7.32. The highest BCUT2D eigenvalue weighted by Crippen LogP contribution is 2.52. The second-order valence-electron chi connectivity index (χ2n) is 8.33. The molecular formula is C21H28N4OS. The Morgan fingerprint density at radius 1 is 1.37 bits per heavy atom. The number of pyridine rings is 1. The van der Waals surface area contributed by atoms with Gasteiger partial charge in [-0.25, -0.2) is 4.98 Å². The van der Waals surface area contributed by atoms with Gasteiger partial charge in [0.25, 0.3) is 0 Å². The van der Waals surface area contributed by atoms with Gasteiger partial charge in [0.2, 0.25) is 5.91 Å². The van der Waals surface area contributed by atoms with Crippen LogP contribution in [-0.4, -0.2) is 38.9 Å². The molecule has 2 saturated heterocycles. The summed E-state index contributed by atoms with van der Waals surface area (Å²) in [7, 11) is 0. The zero-order valence-electron chi connectivity index (χ0n) is 16.3. The van der Waals surface area contributed by atoms with Crippen LogP contribution in [0.2, 0.25) is 0 Å². The van der Waals surface area contributed by atoms with Gasteiger partial charge in [0.15, 0.2) is 0 Å². The van der Waals surface area contributed by atoms with Crippen LogP contribution in [0.25, 0.3) is 0 Å². The van der Waals surface area contributed by atoms with Crippen molar-refractivity contribution in [3.05, 3.63) is 46.2 Å². The predicted octanol–water partition coefficient (Wildman–Crippen LogP) is 3.34. The largest absolute Gasteiger partial charge is 0.353 e. The number of nitrogens with one attached hydrogen (secondary N) is 1. The van der Waals surface area contributed by atoms with Crippen molar-refractivity contribution in [2.75, 3.05) is 0 Å². The smallest absolute Gasteiger partial charge is 0.228 e. The fourth-order valence-corrected chi connectivity index (χ4v) is 5.55. The van der Waals surface area contributed by atoms with Gasteiger partial charge in [0, 0.05) is 42.2 Å². The summed E-state index contributed by atoms with van der Waals surface area (Å²) in [6.07, 6.45) is 3.89. The molecule has 0 aliphatic carbocycles. The van der Waals surface area contributed by atoms with Gasteiger partial charge < -0.3 is 5.32 Å². The normalized spacial score (nSPS) is 27.4. The third-order valence-corrected chi connectivity index (χ3v) is 6.66. The predicted molar refractivity (Wildman–Crippen MR) is 107 cm³/mol. The molecule has 1 amide bonds. The van der Waals surface area contributed by atoms with Gasteiger partial charge in [-0.15, -0.1) is 11.3 Å². The van der Waals surface area contributed by atoms with Gasteiger partial charge in [-0.05, 0) is 52.2 Å². The Morgan fingerprint density at radius 3 is 2.93 bits per heavy atom. The third-order valence-electron chi connectivity index (χ3n) is 6.02. The van der Waals surface area contributed by atoms with Crippen LogP contribution in [0.15, 0.2) is 29.1 Å². The lowest BCUT2D eigenvalue weighted by Crippen LogP contribution is -2.52. The highest BCUT2D eigenvalue weighted by atomic mass is 32.1. The molecule has 0 saturated carbocycles. The number of hydrogen-bond acceptors (Lipinski definition) is 5. The van der Waals surface area contributed by atoms with Crippen LogP contribution in [0.3, 0.4) is 0 Å². The van der Waals surface area contributed by atoms with Crippen molar-refractivity contribution in [2.45, 2.75) is 71.1 Å². The molecule has 2 bridgehead atoms. The third kappa shape index (κ3) is 3.52. The maximum atomic E-state index is 13.4. The first-order chi connectivity index (χ1) is 13.0. The van der Waals surface area contributed by atoms with Gasteiger partial charge >= 0.3 is 0 Å². The molecule has 27 heavy (non-hydrogen) atoms. The Hall–Kier alpha value is -1.79. The lowest BCUT2D eigenvalue weighted by atomic mass is 9.70. The Morgan fingerprint density at radius 2 is 2.22 bits per heavy atom. The monoisotopic (exact) mass is 384 g/mol. The minimum absolute atomic E-state index is 0.149.